The highest BCUT2D eigenvalue weighted by Crippen LogP contribution is 2.35. The van der Waals surface area contributed by atoms with Crippen molar-refractivity contribution in [3.8, 4) is 11.1 Å². The molecule has 1 aromatic carbocycles. The second-order valence-electron chi connectivity index (χ2n) is 7.87. The summed E-state index contributed by atoms with van der Waals surface area (Å²) < 4.78 is 56.3. The van der Waals surface area contributed by atoms with E-state index >= 15 is 4.39 Å². The lowest BCUT2D eigenvalue weighted by atomic mass is 9.96. The Morgan fingerprint density at radius 3 is 2.74 bits per heavy atom. The maximum absolute atomic E-state index is 15.4. The van der Waals surface area contributed by atoms with Gasteiger partial charge in [0.25, 0.3) is 5.91 Å². The van der Waals surface area contributed by atoms with Crippen molar-refractivity contribution in [2.75, 3.05) is 13.1 Å². The first kappa shape index (κ1) is 21.2. The van der Waals surface area contributed by atoms with Crippen molar-refractivity contribution >= 4 is 16.8 Å². The molecule has 1 aliphatic rings. The number of amides is 1. The molecule has 10 heteroatoms. The molecule has 164 valence electrons. The molecule has 1 unspecified atom stereocenters. The Labute approximate surface area is 175 Å². The molecule has 0 saturated carbocycles. The van der Waals surface area contributed by atoms with E-state index in [1.165, 1.54) is 6.07 Å². The second kappa shape index (κ2) is 7.92. The zero-order chi connectivity index (χ0) is 22.3. The van der Waals surface area contributed by atoms with Gasteiger partial charge in [-0.25, -0.2) is 9.37 Å². The van der Waals surface area contributed by atoms with Gasteiger partial charge in [0.05, 0.1) is 12.1 Å². The van der Waals surface area contributed by atoms with Gasteiger partial charge in [-0.2, -0.15) is 18.3 Å². The third-order valence-corrected chi connectivity index (χ3v) is 5.63. The summed E-state index contributed by atoms with van der Waals surface area (Å²) in [6.45, 7) is 0.315. The summed E-state index contributed by atoms with van der Waals surface area (Å²) in [5.41, 5.74) is 6.68. The van der Waals surface area contributed by atoms with Crippen LogP contribution in [0.3, 0.4) is 0 Å². The van der Waals surface area contributed by atoms with Crippen molar-refractivity contribution in [2.45, 2.75) is 25.6 Å². The smallest absolute Gasteiger partial charge is 0.364 e. The van der Waals surface area contributed by atoms with Crippen molar-refractivity contribution < 1.29 is 22.4 Å². The molecule has 0 spiro atoms. The fourth-order valence-electron chi connectivity index (χ4n) is 4.05. The zero-order valence-corrected chi connectivity index (χ0v) is 16.8. The number of aryl methyl sites for hydroxylation is 1. The van der Waals surface area contributed by atoms with Crippen LogP contribution in [-0.2, 0) is 13.6 Å². The minimum atomic E-state index is -4.27. The number of halogens is 4. The van der Waals surface area contributed by atoms with Crippen LogP contribution in [0.25, 0.3) is 22.0 Å². The lowest BCUT2D eigenvalue weighted by Crippen LogP contribution is -2.41. The molecular weight excluding hydrogens is 414 g/mol. The van der Waals surface area contributed by atoms with Gasteiger partial charge in [0.1, 0.15) is 11.2 Å². The van der Waals surface area contributed by atoms with E-state index in [4.69, 9.17) is 5.73 Å². The summed E-state index contributed by atoms with van der Waals surface area (Å²) in [6, 6.07) is 4.71. The van der Waals surface area contributed by atoms with Gasteiger partial charge in [0, 0.05) is 42.8 Å². The zero-order valence-electron chi connectivity index (χ0n) is 16.8. The number of hydrogen-bond acceptors (Lipinski definition) is 4. The number of alkyl halides is 3. The van der Waals surface area contributed by atoms with Gasteiger partial charge in [0.2, 0.25) is 0 Å². The van der Waals surface area contributed by atoms with Crippen molar-refractivity contribution in [2.24, 2.45) is 18.7 Å². The molecule has 0 aliphatic carbocycles. The first-order valence-corrected chi connectivity index (χ1v) is 9.83. The fourth-order valence-corrected chi connectivity index (χ4v) is 4.05. The minimum Gasteiger partial charge on any atom is -0.364 e. The van der Waals surface area contributed by atoms with E-state index < -0.39 is 23.8 Å². The third kappa shape index (κ3) is 4.25. The van der Waals surface area contributed by atoms with Crippen LogP contribution in [0.2, 0.25) is 0 Å². The number of nitrogens with zero attached hydrogens (tertiary/aromatic N) is 4. The molecule has 4 rings (SSSR count). The van der Waals surface area contributed by atoms with Crippen molar-refractivity contribution in [1.29, 1.82) is 0 Å². The molecule has 1 saturated heterocycles. The highest BCUT2D eigenvalue weighted by atomic mass is 19.4. The molecule has 1 atom stereocenters. The van der Waals surface area contributed by atoms with Gasteiger partial charge in [-0.05, 0) is 31.0 Å². The van der Waals surface area contributed by atoms with Crippen LogP contribution in [0, 0.1) is 11.7 Å². The van der Waals surface area contributed by atoms with Crippen molar-refractivity contribution in [3.05, 3.63) is 47.7 Å². The van der Waals surface area contributed by atoms with Crippen LogP contribution in [0.4, 0.5) is 17.6 Å². The van der Waals surface area contributed by atoms with Crippen LogP contribution in [-0.4, -0.2) is 44.8 Å². The quantitative estimate of drug-likeness (QED) is 0.635. The van der Waals surface area contributed by atoms with E-state index in [1.807, 2.05) is 0 Å². The molecule has 31 heavy (non-hydrogen) atoms. The average molecular weight is 435 g/mol. The standard InChI is InChI=1S/C21H21F4N5O/c1-29-9-13(8-27-29)16-7-17(20(26)31)28-19-15(16)5-4-12(18(19)22)10-30-6-2-3-14(11-30)21(23,24)25/h4-5,7-9,14H,2-3,6,10-11H2,1H3,(H2,26,31). The molecule has 1 fully saturated rings. The maximum Gasteiger partial charge on any atom is 0.393 e. The van der Waals surface area contributed by atoms with Crippen LogP contribution in [0.1, 0.15) is 28.9 Å². The predicted molar refractivity (Wildman–Crippen MR) is 106 cm³/mol. The van der Waals surface area contributed by atoms with Gasteiger partial charge < -0.3 is 5.73 Å². The van der Waals surface area contributed by atoms with E-state index in [2.05, 4.69) is 10.1 Å². The first-order chi connectivity index (χ1) is 14.6. The number of pyridine rings is 1. The lowest BCUT2D eigenvalue weighted by Gasteiger charge is -2.33. The molecule has 2 N–H and O–H groups in total. The Morgan fingerprint density at radius 2 is 2.10 bits per heavy atom. The molecule has 1 amide bonds. The maximum atomic E-state index is 15.4. The number of fused-ring (bicyclic) bond motifs is 1. The third-order valence-electron chi connectivity index (χ3n) is 5.63. The molecule has 2 aromatic heterocycles. The monoisotopic (exact) mass is 435 g/mol. The van der Waals surface area contributed by atoms with Gasteiger partial charge >= 0.3 is 6.18 Å². The SMILES string of the molecule is Cn1cc(-c2cc(C(N)=O)nc3c(F)c(CN4CCCC(C(F)(F)F)C4)ccc23)cn1. The van der Waals surface area contributed by atoms with Gasteiger partial charge in [-0.15, -0.1) is 0 Å². The van der Waals surface area contributed by atoms with E-state index in [-0.39, 0.29) is 36.3 Å². The Kier molecular flexibility index (Phi) is 5.42. The lowest BCUT2D eigenvalue weighted by molar-refractivity contribution is -0.187. The van der Waals surface area contributed by atoms with E-state index in [1.54, 1.807) is 41.2 Å². The molecule has 0 radical (unpaired) electrons. The number of piperidine rings is 1. The van der Waals surface area contributed by atoms with Gasteiger partial charge in [0.15, 0.2) is 5.82 Å². The Hall–Kier alpha value is -3.01. The second-order valence-corrected chi connectivity index (χ2v) is 7.87. The summed E-state index contributed by atoms with van der Waals surface area (Å²) >= 11 is 0. The summed E-state index contributed by atoms with van der Waals surface area (Å²) in [5, 5.41) is 4.57. The number of carbonyl (C=O) groups is 1. The van der Waals surface area contributed by atoms with Gasteiger partial charge in [-0.3, -0.25) is 14.4 Å². The van der Waals surface area contributed by atoms with Crippen LogP contribution >= 0.6 is 0 Å². The molecule has 6 nitrogen and oxygen atoms in total. The Bertz CT molecular complexity index is 1140. The molecule has 3 heterocycles. The predicted octanol–water partition coefficient (Wildman–Crippen LogP) is 3.65. The topological polar surface area (TPSA) is 77.0 Å². The van der Waals surface area contributed by atoms with E-state index in [9.17, 15) is 18.0 Å². The number of likely N-dealkylation sites (tertiary alicyclic amines) is 1. The van der Waals surface area contributed by atoms with Crippen LogP contribution in [0.15, 0.2) is 30.6 Å². The largest absolute Gasteiger partial charge is 0.393 e. The summed E-state index contributed by atoms with van der Waals surface area (Å²) in [6.07, 6.45) is -0.489. The molecule has 0 bridgehead atoms. The van der Waals surface area contributed by atoms with E-state index in [0.717, 1.165) is 0 Å². The van der Waals surface area contributed by atoms with Crippen molar-refractivity contribution in [3.63, 3.8) is 0 Å². The van der Waals surface area contributed by atoms with Gasteiger partial charge in [-0.1, -0.05) is 12.1 Å². The van der Waals surface area contributed by atoms with Crippen molar-refractivity contribution in [1.82, 2.24) is 19.7 Å². The number of primary amides is 1. The summed E-state index contributed by atoms with van der Waals surface area (Å²) in [4.78, 5) is 17.5. The number of rotatable bonds is 4. The average Bonchev–Trinajstić information content (AvgIpc) is 3.15. The number of nitrogens with two attached hydrogens (primary N) is 1. The molecule has 3 aromatic rings. The Balaban J connectivity index is 1.74. The molecule has 1 aliphatic heterocycles. The Morgan fingerprint density at radius 1 is 1.32 bits per heavy atom. The first-order valence-electron chi connectivity index (χ1n) is 9.83. The normalized spacial score (nSPS) is 17.9. The summed E-state index contributed by atoms with van der Waals surface area (Å²) in [7, 11) is 1.73. The fraction of sp³-hybridized carbons (Fsp3) is 0.381. The summed E-state index contributed by atoms with van der Waals surface area (Å²) in [5.74, 6) is -2.89. The number of carbonyl (C=O) groups excluding carboxylic acids is 1. The number of benzene rings is 1. The molecular formula is C21H21F4N5O. The highest BCUT2D eigenvalue weighted by molar-refractivity contribution is 6.01. The van der Waals surface area contributed by atoms with E-state index in [0.29, 0.717) is 29.5 Å². The minimum absolute atomic E-state index is 0.0268. The number of aromatic nitrogens is 3. The highest BCUT2D eigenvalue weighted by Gasteiger charge is 2.41. The van der Waals surface area contributed by atoms with Crippen LogP contribution < -0.4 is 5.73 Å². The van der Waals surface area contributed by atoms with Crippen LogP contribution in [0.5, 0.6) is 0 Å². The number of hydrogen-bond donors (Lipinski definition) is 1.